The van der Waals surface area contributed by atoms with E-state index >= 15 is 0 Å². The Bertz CT molecular complexity index is 1100. The van der Waals surface area contributed by atoms with Crippen LogP contribution in [0.15, 0.2) is 53.1 Å². The standard InChI is InChI=1S/C22H18F6N4O2/c23-21(24,25)14-10-15(22(26,27)28)12-16(11-14)29-20(33)13-5-7-32(8-6-13)19-4-3-17(30-31-19)18-2-1-9-34-18/h1-4,9-13H,5-8H2,(H,29,33). The van der Waals surface area contributed by atoms with Crippen LogP contribution in [0.5, 0.6) is 0 Å². The molecule has 1 amide bonds. The van der Waals surface area contributed by atoms with E-state index in [1.54, 1.807) is 24.3 Å². The van der Waals surface area contributed by atoms with Crippen LogP contribution in [-0.4, -0.2) is 29.2 Å². The van der Waals surface area contributed by atoms with E-state index in [1.165, 1.54) is 6.26 Å². The van der Waals surface area contributed by atoms with Crippen molar-refractivity contribution in [3.05, 3.63) is 59.9 Å². The lowest BCUT2D eigenvalue weighted by Gasteiger charge is -2.31. The summed E-state index contributed by atoms with van der Waals surface area (Å²) >= 11 is 0. The molecule has 1 saturated heterocycles. The summed E-state index contributed by atoms with van der Waals surface area (Å²) in [5, 5.41) is 10.5. The van der Waals surface area contributed by atoms with Crippen LogP contribution < -0.4 is 10.2 Å². The monoisotopic (exact) mass is 484 g/mol. The highest BCUT2D eigenvalue weighted by molar-refractivity contribution is 5.93. The Morgan fingerprint density at radius 1 is 0.941 bits per heavy atom. The molecule has 0 unspecified atom stereocenters. The highest BCUT2D eigenvalue weighted by Gasteiger charge is 2.37. The first-order chi connectivity index (χ1) is 16.0. The van der Waals surface area contributed by atoms with E-state index in [1.807, 2.05) is 4.90 Å². The molecule has 1 N–H and O–H groups in total. The molecular formula is C22H18F6N4O2. The molecule has 0 bridgehead atoms. The lowest BCUT2D eigenvalue weighted by molar-refractivity contribution is -0.143. The van der Waals surface area contributed by atoms with Gasteiger partial charge in [0.15, 0.2) is 11.6 Å². The molecule has 1 fully saturated rings. The summed E-state index contributed by atoms with van der Waals surface area (Å²) < 4.78 is 83.5. The number of carbonyl (C=O) groups is 1. The van der Waals surface area contributed by atoms with E-state index in [-0.39, 0.29) is 6.07 Å². The molecule has 180 valence electrons. The molecule has 34 heavy (non-hydrogen) atoms. The van der Waals surface area contributed by atoms with Crippen LogP contribution in [0.4, 0.5) is 37.8 Å². The fraction of sp³-hybridized carbons (Fsp3) is 0.318. The SMILES string of the molecule is O=C(Nc1cc(C(F)(F)F)cc(C(F)(F)F)c1)C1CCN(c2ccc(-c3ccco3)nn2)CC1. The van der Waals surface area contributed by atoms with E-state index in [2.05, 4.69) is 15.5 Å². The molecule has 3 heterocycles. The molecule has 0 radical (unpaired) electrons. The number of piperidine rings is 1. The number of aromatic nitrogens is 2. The van der Waals surface area contributed by atoms with Gasteiger partial charge in [-0.2, -0.15) is 26.3 Å². The van der Waals surface area contributed by atoms with Crippen LogP contribution in [0, 0.1) is 5.92 Å². The van der Waals surface area contributed by atoms with Crippen molar-refractivity contribution < 1.29 is 35.6 Å². The lowest BCUT2D eigenvalue weighted by Crippen LogP contribution is -2.38. The van der Waals surface area contributed by atoms with Gasteiger partial charge >= 0.3 is 12.4 Å². The Hall–Kier alpha value is -3.57. The van der Waals surface area contributed by atoms with Gasteiger partial charge in [0.2, 0.25) is 5.91 Å². The summed E-state index contributed by atoms with van der Waals surface area (Å²) in [6.45, 7) is 0.840. The second-order valence-electron chi connectivity index (χ2n) is 7.80. The van der Waals surface area contributed by atoms with Crippen LogP contribution in [0.1, 0.15) is 24.0 Å². The van der Waals surface area contributed by atoms with Crippen molar-refractivity contribution in [1.82, 2.24) is 10.2 Å². The highest BCUT2D eigenvalue weighted by atomic mass is 19.4. The molecule has 1 aliphatic heterocycles. The Kier molecular flexibility index (Phi) is 6.24. The summed E-state index contributed by atoms with van der Waals surface area (Å²) in [6, 6.07) is 7.99. The van der Waals surface area contributed by atoms with E-state index < -0.39 is 41.0 Å². The van der Waals surface area contributed by atoms with Crippen LogP contribution in [0.3, 0.4) is 0 Å². The number of nitrogens with zero attached hydrogens (tertiary/aromatic N) is 3. The number of furan rings is 1. The van der Waals surface area contributed by atoms with Gasteiger partial charge in [-0.1, -0.05) is 0 Å². The minimum absolute atomic E-state index is 0.0202. The number of rotatable bonds is 4. The first-order valence-corrected chi connectivity index (χ1v) is 10.2. The topological polar surface area (TPSA) is 71.3 Å². The van der Waals surface area contributed by atoms with Crippen LogP contribution in [-0.2, 0) is 17.1 Å². The van der Waals surface area contributed by atoms with E-state index in [9.17, 15) is 31.1 Å². The summed E-state index contributed by atoms with van der Waals surface area (Å²) in [5.41, 5.74) is -2.95. The van der Waals surface area contributed by atoms with Gasteiger partial charge in [-0.05, 0) is 55.3 Å². The Morgan fingerprint density at radius 2 is 1.59 bits per heavy atom. The van der Waals surface area contributed by atoms with Gasteiger partial charge in [-0.25, -0.2) is 0 Å². The number of hydrogen-bond acceptors (Lipinski definition) is 5. The van der Waals surface area contributed by atoms with Gasteiger partial charge in [-0.3, -0.25) is 4.79 Å². The lowest BCUT2D eigenvalue weighted by atomic mass is 9.95. The fourth-order valence-corrected chi connectivity index (χ4v) is 3.69. The number of anilines is 2. The van der Waals surface area contributed by atoms with Crippen molar-refractivity contribution in [2.24, 2.45) is 5.92 Å². The molecule has 0 aliphatic carbocycles. The third-order valence-electron chi connectivity index (χ3n) is 5.47. The summed E-state index contributed by atoms with van der Waals surface area (Å²) in [7, 11) is 0. The minimum Gasteiger partial charge on any atom is -0.463 e. The molecule has 0 spiro atoms. The molecule has 1 aromatic carbocycles. The predicted octanol–water partition coefficient (Wildman–Crippen LogP) is 5.63. The molecule has 0 saturated carbocycles. The Labute approximate surface area is 189 Å². The normalized spacial score (nSPS) is 15.4. The maximum atomic E-state index is 13.0. The second-order valence-corrected chi connectivity index (χ2v) is 7.80. The minimum atomic E-state index is -4.99. The number of amides is 1. The highest BCUT2D eigenvalue weighted by Crippen LogP contribution is 2.37. The fourth-order valence-electron chi connectivity index (χ4n) is 3.69. The average molecular weight is 484 g/mol. The van der Waals surface area contributed by atoms with Crippen molar-refractivity contribution in [2.45, 2.75) is 25.2 Å². The van der Waals surface area contributed by atoms with E-state index in [0.717, 1.165) is 0 Å². The number of halogens is 6. The Morgan fingerprint density at radius 3 is 2.09 bits per heavy atom. The maximum absolute atomic E-state index is 13.0. The number of carbonyl (C=O) groups excluding carboxylic acids is 1. The summed E-state index contributed by atoms with van der Waals surface area (Å²) in [4.78, 5) is 14.5. The zero-order valence-electron chi connectivity index (χ0n) is 17.5. The van der Waals surface area contributed by atoms with Crippen LogP contribution in [0.2, 0.25) is 0 Å². The molecule has 1 aliphatic rings. The van der Waals surface area contributed by atoms with Gasteiger partial charge in [-0.15, -0.1) is 10.2 Å². The number of hydrogen-bond donors (Lipinski definition) is 1. The molecule has 4 rings (SSSR count). The molecule has 0 atom stereocenters. The number of alkyl halides is 6. The quantitative estimate of drug-likeness (QED) is 0.486. The molecule has 3 aromatic rings. The van der Waals surface area contributed by atoms with Crippen LogP contribution in [0.25, 0.3) is 11.5 Å². The van der Waals surface area contributed by atoms with Crippen LogP contribution >= 0.6 is 0 Å². The van der Waals surface area contributed by atoms with Gasteiger partial charge in [0.25, 0.3) is 0 Å². The third kappa shape index (κ3) is 5.32. The molecule has 6 nitrogen and oxygen atoms in total. The van der Waals surface area contributed by atoms with Crippen molar-refractivity contribution in [3.63, 3.8) is 0 Å². The van der Waals surface area contributed by atoms with Gasteiger partial charge in [0.1, 0.15) is 5.69 Å². The zero-order chi connectivity index (χ0) is 24.5. The number of nitrogens with one attached hydrogen (secondary N) is 1. The summed E-state index contributed by atoms with van der Waals surface area (Å²) in [5.74, 6) is -0.0543. The van der Waals surface area contributed by atoms with Crippen molar-refractivity contribution in [2.75, 3.05) is 23.3 Å². The maximum Gasteiger partial charge on any atom is 0.416 e. The predicted molar refractivity (Wildman–Crippen MR) is 110 cm³/mol. The molecular weight excluding hydrogens is 466 g/mol. The third-order valence-corrected chi connectivity index (χ3v) is 5.47. The zero-order valence-corrected chi connectivity index (χ0v) is 17.5. The first-order valence-electron chi connectivity index (χ1n) is 10.2. The smallest absolute Gasteiger partial charge is 0.416 e. The first kappa shape index (κ1) is 23.6. The largest absolute Gasteiger partial charge is 0.463 e. The average Bonchev–Trinajstić information content (AvgIpc) is 3.33. The van der Waals surface area contributed by atoms with E-state index in [4.69, 9.17) is 4.42 Å². The summed E-state index contributed by atoms with van der Waals surface area (Å²) in [6.07, 6.45) is -7.76. The van der Waals surface area contributed by atoms with Gasteiger partial charge < -0.3 is 14.6 Å². The van der Waals surface area contributed by atoms with Gasteiger partial charge in [0, 0.05) is 24.7 Å². The van der Waals surface area contributed by atoms with Gasteiger partial charge in [0.05, 0.1) is 17.4 Å². The number of benzene rings is 1. The molecule has 12 heteroatoms. The van der Waals surface area contributed by atoms with E-state index in [0.29, 0.717) is 55.3 Å². The van der Waals surface area contributed by atoms with Crippen molar-refractivity contribution >= 4 is 17.4 Å². The van der Waals surface area contributed by atoms with Crippen molar-refractivity contribution in [1.29, 1.82) is 0 Å². The molecule has 2 aromatic heterocycles. The van der Waals surface area contributed by atoms with Crippen molar-refractivity contribution in [3.8, 4) is 11.5 Å². The second kappa shape index (κ2) is 8.99. The Balaban J connectivity index is 1.40.